The number of pyridine rings is 1. The predicted octanol–water partition coefficient (Wildman–Crippen LogP) is 4.08. The van der Waals surface area contributed by atoms with E-state index < -0.39 is 0 Å². The molecule has 1 aromatic heterocycles. The normalized spacial score (nSPS) is 11.5. The number of nitrogens with zero attached hydrogens (tertiary/aromatic N) is 2. The number of hydrazone groups is 1. The molecule has 2 aromatic carbocycles. The average molecular weight is 291 g/mol. The largest absolute Gasteiger partial charge is 0.497 e. The van der Waals surface area contributed by atoms with Gasteiger partial charge >= 0.3 is 0 Å². The van der Waals surface area contributed by atoms with Crippen LogP contribution in [0.2, 0.25) is 0 Å². The van der Waals surface area contributed by atoms with Crippen molar-refractivity contribution in [2.45, 2.75) is 6.92 Å². The molecule has 0 atom stereocenters. The van der Waals surface area contributed by atoms with Crippen LogP contribution < -0.4 is 10.2 Å². The van der Waals surface area contributed by atoms with Gasteiger partial charge in [0.2, 0.25) is 0 Å². The van der Waals surface area contributed by atoms with Crippen molar-refractivity contribution in [3.05, 3.63) is 66.4 Å². The third-order valence-electron chi connectivity index (χ3n) is 3.47. The first-order chi connectivity index (χ1) is 10.8. The summed E-state index contributed by atoms with van der Waals surface area (Å²) in [4.78, 5) is 4.18. The molecule has 1 N–H and O–H groups in total. The van der Waals surface area contributed by atoms with Gasteiger partial charge in [0.1, 0.15) is 11.6 Å². The van der Waals surface area contributed by atoms with Gasteiger partial charge in [0.15, 0.2) is 0 Å². The Morgan fingerprint density at radius 2 is 1.86 bits per heavy atom. The first-order valence-corrected chi connectivity index (χ1v) is 7.06. The number of methoxy groups -OCH3 is 1. The third kappa shape index (κ3) is 3.06. The fourth-order valence-electron chi connectivity index (χ4n) is 2.21. The Bertz CT molecular complexity index is 813. The molecule has 110 valence electrons. The molecule has 3 aromatic rings. The highest BCUT2D eigenvalue weighted by Crippen LogP contribution is 2.22. The molecular formula is C18H17N3O. The van der Waals surface area contributed by atoms with E-state index in [-0.39, 0.29) is 0 Å². The quantitative estimate of drug-likeness (QED) is 0.582. The highest BCUT2D eigenvalue weighted by molar-refractivity contribution is 6.02. The number of anilines is 1. The topological polar surface area (TPSA) is 46.5 Å². The van der Waals surface area contributed by atoms with Gasteiger partial charge in [-0.3, -0.25) is 5.43 Å². The first-order valence-electron chi connectivity index (χ1n) is 7.06. The number of fused-ring (bicyclic) bond motifs is 1. The van der Waals surface area contributed by atoms with Crippen LogP contribution in [-0.2, 0) is 0 Å². The summed E-state index contributed by atoms with van der Waals surface area (Å²) in [6.45, 7) is 1.97. The van der Waals surface area contributed by atoms with Crippen LogP contribution in [0, 0.1) is 0 Å². The Hall–Kier alpha value is -2.88. The van der Waals surface area contributed by atoms with Gasteiger partial charge in [0.25, 0.3) is 0 Å². The summed E-state index contributed by atoms with van der Waals surface area (Å²) >= 11 is 0. The Balaban J connectivity index is 1.86. The Kier molecular flexibility index (Phi) is 4.01. The number of aromatic nitrogens is 1. The van der Waals surface area contributed by atoms with Crippen molar-refractivity contribution < 1.29 is 4.74 Å². The van der Waals surface area contributed by atoms with Gasteiger partial charge in [-0.15, -0.1) is 0 Å². The van der Waals surface area contributed by atoms with Crippen LogP contribution in [0.25, 0.3) is 10.8 Å². The van der Waals surface area contributed by atoms with E-state index in [1.807, 2.05) is 37.3 Å². The van der Waals surface area contributed by atoms with E-state index in [0.717, 1.165) is 33.6 Å². The van der Waals surface area contributed by atoms with Gasteiger partial charge in [0, 0.05) is 6.20 Å². The monoisotopic (exact) mass is 291 g/mol. The maximum absolute atomic E-state index is 5.25. The van der Waals surface area contributed by atoms with Crippen LogP contribution in [0.3, 0.4) is 0 Å². The van der Waals surface area contributed by atoms with E-state index in [2.05, 4.69) is 39.8 Å². The van der Waals surface area contributed by atoms with E-state index >= 15 is 0 Å². The lowest BCUT2D eigenvalue weighted by Crippen LogP contribution is -2.00. The predicted molar refractivity (Wildman–Crippen MR) is 90.6 cm³/mol. The van der Waals surface area contributed by atoms with Gasteiger partial charge in [-0.05, 0) is 53.6 Å². The molecule has 0 saturated carbocycles. The van der Waals surface area contributed by atoms with Crippen LogP contribution in [0.15, 0.2) is 65.9 Å². The molecule has 0 fully saturated rings. The zero-order valence-electron chi connectivity index (χ0n) is 12.6. The maximum Gasteiger partial charge on any atom is 0.146 e. The average Bonchev–Trinajstić information content (AvgIpc) is 2.59. The van der Waals surface area contributed by atoms with Crippen molar-refractivity contribution in [1.29, 1.82) is 0 Å². The van der Waals surface area contributed by atoms with Crippen LogP contribution in [0.1, 0.15) is 12.5 Å². The Morgan fingerprint density at radius 3 is 2.64 bits per heavy atom. The van der Waals surface area contributed by atoms with Gasteiger partial charge in [-0.2, -0.15) is 5.10 Å². The summed E-state index contributed by atoms with van der Waals surface area (Å²) in [5.74, 6) is 1.59. The van der Waals surface area contributed by atoms with E-state index in [0.29, 0.717) is 0 Å². The van der Waals surface area contributed by atoms with Crippen molar-refractivity contribution >= 4 is 22.3 Å². The Morgan fingerprint density at radius 1 is 1.05 bits per heavy atom. The summed E-state index contributed by atoms with van der Waals surface area (Å²) < 4.78 is 5.25. The molecule has 3 rings (SSSR count). The molecule has 22 heavy (non-hydrogen) atoms. The number of hydrogen-bond donors (Lipinski definition) is 1. The summed E-state index contributed by atoms with van der Waals surface area (Å²) in [7, 11) is 1.68. The molecule has 1 heterocycles. The number of nitrogens with one attached hydrogen (secondary N) is 1. The van der Waals surface area contributed by atoms with Crippen LogP contribution in [0.4, 0.5) is 5.82 Å². The SMILES string of the molecule is COc1ccc2cc(/C(C)=N/Nc3ccccn3)ccc2c1. The molecule has 4 heteroatoms. The highest BCUT2D eigenvalue weighted by atomic mass is 16.5. The summed E-state index contributed by atoms with van der Waals surface area (Å²) in [6.07, 6.45) is 1.73. The van der Waals surface area contributed by atoms with Gasteiger partial charge in [-0.25, -0.2) is 4.98 Å². The standard InChI is InChI=1S/C18H17N3O/c1-13(20-21-18-5-3-4-10-19-18)14-6-7-16-12-17(22-2)9-8-15(16)11-14/h3-12H,1-2H3,(H,19,21)/b20-13+. The molecule has 4 nitrogen and oxygen atoms in total. The fraction of sp³-hybridized carbons (Fsp3) is 0.111. The van der Waals surface area contributed by atoms with Crippen molar-refractivity contribution in [2.24, 2.45) is 5.10 Å². The minimum Gasteiger partial charge on any atom is -0.497 e. The molecule has 0 bridgehead atoms. The lowest BCUT2D eigenvalue weighted by molar-refractivity contribution is 0.415. The molecule has 0 radical (unpaired) electrons. The van der Waals surface area contributed by atoms with E-state index in [4.69, 9.17) is 4.74 Å². The minimum atomic E-state index is 0.729. The molecule has 0 spiro atoms. The molecular weight excluding hydrogens is 274 g/mol. The summed E-state index contributed by atoms with van der Waals surface area (Å²) in [5.41, 5.74) is 4.94. The van der Waals surface area contributed by atoms with E-state index in [1.165, 1.54) is 0 Å². The first kappa shape index (κ1) is 14.1. The van der Waals surface area contributed by atoms with E-state index in [1.54, 1.807) is 13.3 Å². The second-order valence-corrected chi connectivity index (χ2v) is 4.95. The summed E-state index contributed by atoms with van der Waals surface area (Å²) in [5, 5.41) is 6.69. The van der Waals surface area contributed by atoms with Crippen molar-refractivity contribution in [3.63, 3.8) is 0 Å². The molecule has 0 saturated heterocycles. The van der Waals surface area contributed by atoms with Gasteiger partial charge < -0.3 is 4.74 Å². The Labute approximate surface area is 129 Å². The van der Waals surface area contributed by atoms with E-state index in [9.17, 15) is 0 Å². The zero-order chi connectivity index (χ0) is 15.4. The number of benzene rings is 2. The number of hydrogen-bond acceptors (Lipinski definition) is 4. The van der Waals surface area contributed by atoms with Crippen LogP contribution in [0.5, 0.6) is 5.75 Å². The summed E-state index contributed by atoms with van der Waals surface area (Å²) in [6, 6.07) is 18.0. The molecule has 0 aliphatic rings. The third-order valence-corrected chi connectivity index (χ3v) is 3.47. The zero-order valence-corrected chi connectivity index (χ0v) is 12.6. The lowest BCUT2D eigenvalue weighted by Gasteiger charge is -2.06. The molecule has 0 aliphatic carbocycles. The van der Waals surface area contributed by atoms with Crippen molar-refractivity contribution in [3.8, 4) is 5.75 Å². The molecule has 0 unspecified atom stereocenters. The minimum absolute atomic E-state index is 0.729. The van der Waals surface area contributed by atoms with Crippen LogP contribution in [-0.4, -0.2) is 17.8 Å². The fourth-order valence-corrected chi connectivity index (χ4v) is 2.21. The highest BCUT2D eigenvalue weighted by Gasteiger charge is 2.02. The number of ether oxygens (including phenoxy) is 1. The number of rotatable bonds is 4. The van der Waals surface area contributed by atoms with Crippen molar-refractivity contribution in [2.75, 3.05) is 12.5 Å². The van der Waals surface area contributed by atoms with Crippen molar-refractivity contribution in [1.82, 2.24) is 4.98 Å². The second kappa shape index (κ2) is 6.26. The van der Waals surface area contributed by atoms with Gasteiger partial charge in [0.05, 0.1) is 12.8 Å². The molecule has 0 amide bonds. The molecule has 0 aliphatic heterocycles. The lowest BCUT2D eigenvalue weighted by atomic mass is 10.0. The van der Waals surface area contributed by atoms with Crippen LogP contribution >= 0.6 is 0 Å². The maximum atomic E-state index is 5.25. The smallest absolute Gasteiger partial charge is 0.146 e. The van der Waals surface area contributed by atoms with Gasteiger partial charge in [-0.1, -0.05) is 24.3 Å². The second-order valence-electron chi connectivity index (χ2n) is 4.95.